The molecule has 4 N–H and O–H groups in total. The molecule has 0 radical (unpaired) electrons. The van der Waals surface area contributed by atoms with Crippen LogP contribution in [0.4, 0.5) is 11.4 Å². The van der Waals surface area contributed by atoms with E-state index in [4.69, 9.17) is 11.5 Å². The number of benzene rings is 4. The van der Waals surface area contributed by atoms with E-state index in [1.807, 2.05) is 0 Å². The Morgan fingerprint density at radius 1 is 0.340 bits per heavy atom. The predicted octanol–water partition coefficient (Wildman–Crippen LogP) is 12.0. The Bertz CT molecular complexity index is 1320. The SMILES string of the molecule is CCc1cc(Cc2ccc(CCCCCCCCCCCCCCCc3ccc(Cc4ccc(N)c(CC)c4)cc3)cc2)ccc1N. The van der Waals surface area contributed by atoms with Crippen LogP contribution < -0.4 is 11.5 Å². The lowest BCUT2D eigenvalue weighted by molar-refractivity contribution is 0.536. The summed E-state index contributed by atoms with van der Waals surface area (Å²) in [5, 5.41) is 0. The van der Waals surface area contributed by atoms with Gasteiger partial charge in [0.1, 0.15) is 0 Å². The van der Waals surface area contributed by atoms with Crippen LogP contribution >= 0.6 is 0 Å². The molecule has 0 unspecified atom stereocenters. The van der Waals surface area contributed by atoms with Crippen LogP contribution in [0.2, 0.25) is 0 Å². The minimum atomic E-state index is 0.912. The van der Waals surface area contributed by atoms with Crippen molar-refractivity contribution in [2.75, 3.05) is 11.5 Å². The highest BCUT2D eigenvalue weighted by Crippen LogP contribution is 2.21. The fourth-order valence-electron chi connectivity index (χ4n) is 6.87. The van der Waals surface area contributed by atoms with Gasteiger partial charge in [-0.1, -0.05) is 157 Å². The minimum Gasteiger partial charge on any atom is -0.399 e. The van der Waals surface area contributed by atoms with Crippen LogP contribution in [0.25, 0.3) is 0 Å². The van der Waals surface area contributed by atoms with Gasteiger partial charge in [-0.15, -0.1) is 0 Å². The van der Waals surface area contributed by atoms with Crippen molar-refractivity contribution >= 4 is 11.4 Å². The predicted molar refractivity (Wildman–Crippen MR) is 206 cm³/mol. The van der Waals surface area contributed by atoms with Gasteiger partial charge in [-0.05, 0) is 108 Å². The Hall–Kier alpha value is -3.52. The molecule has 0 saturated heterocycles. The van der Waals surface area contributed by atoms with E-state index < -0.39 is 0 Å². The fourth-order valence-corrected chi connectivity index (χ4v) is 6.87. The molecule has 47 heavy (non-hydrogen) atoms. The van der Waals surface area contributed by atoms with E-state index in [-0.39, 0.29) is 0 Å². The Kier molecular flexibility index (Phi) is 16.0. The lowest BCUT2D eigenvalue weighted by Gasteiger charge is -2.08. The summed E-state index contributed by atoms with van der Waals surface area (Å²) in [7, 11) is 0. The van der Waals surface area contributed by atoms with Crippen LogP contribution in [0.5, 0.6) is 0 Å². The summed E-state index contributed by atoms with van der Waals surface area (Å²) in [4.78, 5) is 0. The number of hydrogen-bond donors (Lipinski definition) is 2. The highest BCUT2D eigenvalue weighted by molar-refractivity contribution is 5.50. The van der Waals surface area contributed by atoms with E-state index >= 15 is 0 Å². The van der Waals surface area contributed by atoms with Crippen molar-refractivity contribution in [3.05, 3.63) is 129 Å². The average molecular weight is 631 g/mol. The second-order valence-electron chi connectivity index (χ2n) is 13.9. The maximum absolute atomic E-state index is 6.07. The monoisotopic (exact) mass is 630 g/mol. The Morgan fingerprint density at radius 2 is 0.617 bits per heavy atom. The maximum Gasteiger partial charge on any atom is 0.0346 e. The smallest absolute Gasteiger partial charge is 0.0346 e. The second-order valence-corrected chi connectivity index (χ2v) is 13.9. The molecule has 0 aliphatic carbocycles. The molecule has 4 rings (SSSR count). The normalized spacial score (nSPS) is 11.3. The molecule has 0 saturated carbocycles. The summed E-state index contributed by atoms with van der Waals surface area (Å²) in [6, 6.07) is 31.5. The third kappa shape index (κ3) is 13.3. The van der Waals surface area contributed by atoms with Gasteiger partial charge in [-0.2, -0.15) is 0 Å². The summed E-state index contributed by atoms with van der Waals surface area (Å²) in [5.74, 6) is 0. The molecule has 0 heterocycles. The van der Waals surface area contributed by atoms with Crippen molar-refractivity contribution in [2.24, 2.45) is 0 Å². The number of rotatable bonds is 22. The zero-order valence-electron chi connectivity index (χ0n) is 29.7. The summed E-state index contributed by atoms with van der Waals surface area (Å²) in [6.07, 6.45) is 24.4. The van der Waals surface area contributed by atoms with Crippen molar-refractivity contribution in [3.8, 4) is 0 Å². The first-order chi connectivity index (χ1) is 23.0. The third-order valence-corrected chi connectivity index (χ3v) is 9.97. The maximum atomic E-state index is 6.07. The molecule has 2 heteroatoms. The molecule has 0 bridgehead atoms. The summed E-state index contributed by atoms with van der Waals surface area (Å²) >= 11 is 0. The molecule has 0 aromatic heterocycles. The first-order valence-corrected chi connectivity index (χ1v) is 18.9. The van der Waals surface area contributed by atoms with Crippen LogP contribution in [0, 0.1) is 0 Å². The molecule has 0 spiro atoms. The van der Waals surface area contributed by atoms with Gasteiger partial charge < -0.3 is 11.5 Å². The number of nitrogen functional groups attached to an aromatic ring is 2. The van der Waals surface area contributed by atoms with Crippen LogP contribution in [0.3, 0.4) is 0 Å². The van der Waals surface area contributed by atoms with E-state index in [2.05, 4.69) is 98.8 Å². The summed E-state index contributed by atoms with van der Waals surface area (Å²) in [6.45, 7) is 4.34. The molecule has 0 aliphatic heterocycles. The zero-order chi connectivity index (χ0) is 33.1. The standard InChI is InChI=1S/C45H62N2/c1-3-42-34-40(28-30-44(42)46)32-38-24-20-36(21-25-38)18-16-14-12-10-8-6-5-7-9-11-13-15-17-19-37-22-26-39(27-23-37)33-41-29-31-45(47)43(4-2)35-41/h20-31,34-35H,3-19,32-33,46-47H2,1-2H3. The number of nitrogens with two attached hydrogens (primary N) is 2. The van der Waals surface area contributed by atoms with Gasteiger partial charge in [-0.25, -0.2) is 0 Å². The minimum absolute atomic E-state index is 0.912. The van der Waals surface area contributed by atoms with Crippen LogP contribution in [0.1, 0.15) is 142 Å². The first-order valence-electron chi connectivity index (χ1n) is 18.9. The van der Waals surface area contributed by atoms with Crippen molar-refractivity contribution in [3.63, 3.8) is 0 Å². The van der Waals surface area contributed by atoms with Crippen molar-refractivity contribution < 1.29 is 0 Å². The molecular weight excluding hydrogens is 569 g/mol. The van der Waals surface area contributed by atoms with Crippen LogP contribution in [-0.4, -0.2) is 0 Å². The van der Waals surface area contributed by atoms with Crippen LogP contribution in [0.15, 0.2) is 84.9 Å². The highest BCUT2D eigenvalue weighted by atomic mass is 14.6. The van der Waals surface area contributed by atoms with Crippen molar-refractivity contribution in [1.29, 1.82) is 0 Å². The van der Waals surface area contributed by atoms with Gasteiger partial charge in [0.15, 0.2) is 0 Å². The van der Waals surface area contributed by atoms with E-state index in [1.165, 1.54) is 141 Å². The van der Waals surface area contributed by atoms with Crippen molar-refractivity contribution in [2.45, 2.75) is 136 Å². The number of aryl methyl sites for hydroxylation is 4. The van der Waals surface area contributed by atoms with Crippen molar-refractivity contribution in [1.82, 2.24) is 0 Å². The quantitative estimate of drug-likeness (QED) is 0.0670. The topological polar surface area (TPSA) is 52.0 Å². The summed E-state index contributed by atoms with van der Waals surface area (Å²) in [5.41, 5.74) is 24.9. The number of hydrogen-bond acceptors (Lipinski definition) is 2. The van der Waals surface area contributed by atoms with Gasteiger partial charge in [0, 0.05) is 11.4 Å². The first kappa shape index (κ1) is 36.3. The van der Waals surface area contributed by atoms with E-state index in [1.54, 1.807) is 0 Å². The molecule has 4 aromatic rings. The molecule has 2 nitrogen and oxygen atoms in total. The van der Waals surface area contributed by atoms with E-state index in [0.717, 1.165) is 37.1 Å². The lowest BCUT2D eigenvalue weighted by Crippen LogP contribution is -1.96. The Balaban J connectivity index is 0.936. The summed E-state index contributed by atoms with van der Waals surface area (Å²) < 4.78 is 0. The Morgan fingerprint density at radius 3 is 0.936 bits per heavy atom. The van der Waals surface area contributed by atoms with E-state index in [0.29, 0.717) is 0 Å². The van der Waals surface area contributed by atoms with Gasteiger partial charge in [0.25, 0.3) is 0 Å². The second kappa shape index (κ2) is 20.7. The largest absolute Gasteiger partial charge is 0.399 e. The fraction of sp³-hybridized carbons (Fsp3) is 0.467. The van der Waals surface area contributed by atoms with Crippen LogP contribution in [-0.2, 0) is 38.5 Å². The molecule has 0 aliphatic rings. The molecule has 252 valence electrons. The molecule has 0 amide bonds. The Labute approximate surface area is 287 Å². The average Bonchev–Trinajstić information content (AvgIpc) is 3.09. The van der Waals surface area contributed by atoms with Gasteiger partial charge in [-0.3, -0.25) is 0 Å². The molecule has 0 atom stereocenters. The van der Waals surface area contributed by atoms with Gasteiger partial charge in [0.05, 0.1) is 0 Å². The lowest BCUT2D eigenvalue weighted by atomic mass is 9.98. The zero-order valence-corrected chi connectivity index (χ0v) is 29.7. The highest BCUT2D eigenvalue weighted by Gasteiger charge is 2.04. The molecular formula is C45H62N2. The molecule has 0 fully saturated rings. The molecule has 4 aromatic carbocycles. The number of anilines is 2. The number of unbranched alkanes of at least 4 members (excludes halogenated alkanes) is 12. The third-order valence-electron chi connectivity index (χ3n) is 9.97. The van der Waals surface area contributed by atoms with Gasteiger partial charge in [0.2, 0.25) is 0 Å². The van der Waals surface area contributed by atoms with E-state index in [9.17, 15) is 0 Å². The van der Waals surface area contributed by atoms with Gasteiger partial charge >= 0.3 is 0 Å².